The quantitative estimate of drug-likeness (QED) is 0.508. The molecule has 0 bridgehead atoms. The number of rotatable bonds is 2. The molecule has 0 N–H and O–H groups in total. The highest BCUT2D eigenvalue weighted by Gasteiger charge is 2.10. The van der Waals surface area contributed by atoms with Crippen molar-refractivity contribution in [1.82, 2.24) is 0 Å². The van der Waals surface area contributed by atoms with Crippen molar-refractivity contribution in [3.8, 4) is 0 Å². The van der Waals surface area contributed by atoms with Crippen molar-refractivity contribution in [1.29, 1.82) is 0 Å². The summed E-state index contributed by atoms with van der Waals surface area (Å²) in [5, 5.41) is 3.70. The molecule has 0 atom stereocenters. The van der Waals surface area contributed by atoms with Crippen molar-refractivity contribution in [3.63, 3.8) is 0 Å². The lowest BCUT2D eigenvalue weighted by Gasteiger charge is -1.97. The fourth-order valence-corrected chi connectivity index (χ4v) is 1.39. The van der Waals surface area contributed by atoms with Gasteiger partial charge < -0.3 is 9.57 Å². The Balaban J connectivity index is 2.25. The van der Waals surface area contributed by atoms with Crippen molar-refractivity contribution in [3.05, 3.63) is 34.9 Å². The average Bonchev–Trinajstić information content (AvgIpc) is 2.61. The summed E-state index contributed by atoms with van der Waals surface area (Å²) in [7, 11) is 1.53. The number of hydrogen-bond acceptors (Lipinski definition) is 3. The predicted octanol–water partition coefficient (Wildman–Crippen LogP) is 1.70. The van der Waals surface area contributed by atoms with E-state index in [0.717, 1.165) is 12.2 Å². The number of oxime groups is 1. The molecule has 13 heavy (non-hydrogen) atoms. The molecule has 0 radical (unpaired) electrons. The lowest BCUT2D eigenvalue weighted by Crippen LogP contribution is -1.87. The van der Waals surface area contributed by atoms with Crippen LogP contribution in [0, 0.1) is 0 Å². The topological polar surface area (TPSA) is 30.8 Å². The van der Waals surface area contributed by atoms with Crippen molar-refractivity contribution < 1.29 is 9.57 Å². The van der Waals surface area contributed by atoms with E-state index in [1.165, 1.54) is 18.2 Å². The van der Waals surface area contributed by atoms with E-state index in [9.17, 15) is 0 Å². The Kier molecular flexibility index (Phi) is 2.27. The standard InChI is InChI=1S/C10H11NO2/c1-12-11-5-8-2-3-9-6-13-7-10(9)4-8/h2-5H,6-7H2,1H3/b11-5+. The zero-order chi connectivity index (χ0) is 9.10. The molecular formula is C10H11NO2. The number of ether oxygens (including phenoxy) is 1. The maximum atomic E-state index is 5.30. The Labute approximate surface area is 77.0 Å². The van der Waals surface area contributed by atoms with E-state index in [4.69, 9.17) is 4.74 Å². The summed E-state index contributed by atoms with van der Waals surface area (Å²) in [4.78, 5) is 4.60. The minimum absolute atomic E-state index is 0.712. The summed E-state index contributed by atoms with van der Waals surface area (Å²) in [5.41, 5.74) is 3.57. The van der Waals surface area contributed by atoms with Gasteiger partial charge in [-0.25, -0.2) is 0 Å². The van der Waals surface area contributed by atoms with Crippen LogP contribution in [0.3, 0.4) is 0 Å². The number of fused-ring (bicyclic) bond motifs is 1. The molecule has 1 heterocycles. The molecule has 0 aromatic heterocycles. The van der Waals surface area contributed by atoms with Crippen molar-refractivity contribution in [2.24, 2.45) is 5.16 Å². The maximum absolute atomic E-state index is 5.30. The molecule has 3 heteroatoms. The first kappa shape index (κ1) is 8.26. The smallest absolute Gasteiger partial charge is 0.106 e. The maximum Gasteiger partial charge on any atom is 0.106 e. The zero-order valence-electron chi connectivity index (χ0n) is 7.49. The zero-order valence-corrected chi connectivity index (χ0v) is 7.49. The summed E-state index contributed by atoms with van der Waals surface area (Å²) >= 11 is 0. The largest absolute Gasteiger partial charge is 0.399 e. The van der Waals surface area contributed by atoms with Gasteiger partial charge in [-0.1, -0.05) is 17.3 Å². The summed E-state index contributed by atoms with van der Waals surface area (Å²) < 4.78 is 5.30. The lowest BCUT2D eigenvalue weighted by atomic mass is 10.1. The second-order valence-corrected chi connectivity index (χ2v) is 2.94. The van der Waals surface area contributed by atoms with Gasteiger partial charge in [-0.05, 0) is 22.8 Å². The molecule has 1 aromatic carbocycles. The molecule has 2 rings (SSSR count). The fraction of sp³-hybridized carbons (Fsp3) is 0.300. The lowest BCUT2D eigenvalue weighted by molar-refractivity contribution is 0.134. The van der Waals surface area contributed by atoms with E-state index < -0.39 is 0 Å². The fourth-order valence-electron chi connectivity index (χ4n) is 1.39. The van der Waals surface area contributed by atoms with Crippen LogP contribution >= 0.6 is 0 Å². The Bertz CT molecular complexity index is 334. The van der Waals surface area contributed by atoms with Gasteiger partial charge in [0, 0.05) is 0 Å². The first-order chi connectivity index (χ1) is 6.40. The third-order valence-electron chi connectivity index (χ3n) is 2.05. The normalized spacial score (nSPS) is 14.8. The van der Waals surface area contributed by atoms with Crippen molar-refractivity contribution in [2.75, 3.05) is 7.11 Å². The van der Waals surface area contributed by atoms with Crippen molar-refractivity contribution in [2.45, 2.75) is 13.2 Å². The number of nitrogens with zero attached hydrogens (tertiary/aromatic N) is 1. The average molecular weight is 177 g/mol. The molecule has 0 aliphatic carbocycles. The van der Waals surface area contributed by atoms with Gasteiger partial charge in [0.25, 0.3) is 0 Å². The van der Waals surface area contributed by atoms with E-state index in [1.807, 2.05) is 6.07 Å². The van der Waals surface area contributed by atoms with Crippen LogP contribution in [-0.2, 0) is 22.8 Å². The van der Waals surface area contributed by atoms with Gasteiger partial charge in [0.05, 0.1) is 19.4 Å². The third kappa shape index (κ3) is 1.70. The first-order valence-corrected chi connectivity index (χ1v) is 4.16. The Morgan fingerprint density at radius 2 is 2.23 bits per heavy atom. The minimum Gasteiger partial charge on any atom is -0.399 e. The Morgan fingerprint density at radius 1 is 1.38 bits per heavy atom. The molecule has 1 aromatic rings. The SMILES string of the molecule is CO/N=C/c1ccc2c(c1)COC2. The van der Waals surface area contributed by atoms with Crippen LogP contribution in [0.25, 0.3) is 0 Å². The first-order valence-electron chi connectivity index (χ1n) is 4.16. The molecule has 68 valence electrons. The van der Waals surface area contributed by atoms with Gasteiger partial charge in [0.15, 0.2) is 0 Å². The van der Waals surface area contributed by atoms with E-state index >= 15 is 0 Å². The molecule has 1 aliphatic heterocycles. The van der Waals surface area contributed by atoms with Crippen LogP contribution in [0.2, 0.25) is 0 Å². The number of benzene rings is 1. The molecule has 0 unspecified atom stereocenters. The van der Waals surface area contributed by atoms with Gasteiger partial charge >= 0.3 is 0 Å². The van der Waals surface area contributed by atoms with Crippen molar-refractivity contribution >= 4 is 6.21 Å². The van der Waals surface area contributed by atoms with Crippen LogP contribution in [0.4, 0.5) is 0 Å². The Morgan fingerprint density at radius 3 is 3.08 bits per heavy atom. The van der Waals surface area contributed by atoms with Crippen LogP contribution < -0.4 is 0 Å². The van der Waals surface area contributed by atoms with Gasteiger partial charge in [-0.2, -0.15) is 0 Å². The summed E-state index contributed by atoms with van der Waals surface area (Å²) in [5.74, 6) is 0. The molecule has 0 spiro atoms. The van der Waals surface area contributed by atoms with Crippen LogP contribution in [0.1, 0.15) is 16.7 Å². The molecule has 0 fully saturated rings. The molecule has 0 amide bonds. The molecule has 0 saturated carbocycles. The van der Waals surface area contributed by atoms with Gasteiger partial charge in [0.2, 0.25) is 0 Å². The third-order valence-corrected chi connectivity index (χ3v) is 2.05. The van der Waals surface area contributed by atoms with Gasteiger partial charge in [0.1, 0.15) is 7.11 Å². The number of hydrogen-bond donors (Lipinski definition) is 0. The van der Waals surface area contributed by atoms with Crippen LogP contribution in [0.5, 0.6) is 0 Å². The van der Waals surface area contributed by atoms with E-state index in [2.05, 4.69) is 22.1 Å². The summed E-state index contributed by atoms with van der Waals surface area (Å²) in [6.45, 7) is 1.45. The predicted molar refractivity (Wildman–Crippen MR) is 49.5 cm³/mol. The Hall–Kier alpha value is -1.35. The highest BCUT2D eigenvalue weighted by atomic mass is 16.6. The molecule has 3 nitrogen and oxygen atoms in total. The monoisotopic (exact) mass is 177 g/mol. The second-order valence-electron chi connectivity index (χ2n) is 2.94. The highest BCUT2D eigenvalue weighted by molar-refractivity contribution is 5.79. The second kappa shape index (κ2) is 3.58. The van der Waals surface area contributed by atoms with Gasteiger partial charge in [-0.3, -0.25) is 0 Å². The molecule has 1 aliphatic rings. The summed E-state index contributed by atoms with van der Waals surface area (Å²) in [6, 6.07) is 6.15. The van der Waals surface area contributed by atoms with Crippen LogP contribution in [-0.4, -0.2) is 13.3 Å². The minimum atomic E-state index is 0.712. The molecule has 0 saturated heterocycles. The summed E-state index contributed by atoms with van der Waals surface area (Å²) in [6.07, 6.45) is 1.69. The van der Waals surface area contributed by atoms with E-state index in [0.29, 0.717) is 6.61 Å². The van der Waals surface area contributed by atoms with E-state index in [-0.39, 0.29) is 0 Å². The molecular weight excluding hydrogens is 166 g/mol. The van der Waals surface area contributed by atoms with E-state index in [1.54, 1.807) is 6.21 Å². The van der Waals surface area contributed by atoms with Gasteiger partial charge in [-0.15, -0.1) is 0 Å². The van der Waals surface area contributed by atoms with Crippen LogP contribution in [0.15, 0.2) is 23.4 Å². The highest BCUT2D eigenvalue weighted by Crippen LogP contribution is 2.19.